The molecule has 1 aliphatic carbocycles. The molecule has 1 N–H and O–H groups in total. The third-order valence-corrected chi connectivity index (χ3v) is 5.90. The molecule has 1 saturated carbocycles. The maximum atomic E-state index is 11.9. The molecule has 0 atom stereocenters. The lowest BCUT2D eigenvalue weighted by atomic mass is 9.92. The SMILES string of the molecule is CCCCOC(=O)Nc1ccc(-c2c(C#N)c3ccc(OC)cc3n2C2CCC2)cc1. The largest absolute Gasteiger partial charge is 0.497 e. The Morgan fingerprint density at radius 1 is 1.23 bits per heavy atom. The van der Waals surface area contributed by atoms with Crippen molar-refractivity contribution in [1.82, 2.24) is 4.57 Å². The lowest BCUT2D eigenvalue weighted by molar-refractivity contribution is 0.160. The van der Waals surface area contributed by atoms with Gasteiger partial charge >= 0.3 is 6.09 Å². The normalized spacial score (nSPS) is 13.5. The highest BCUT2D eigenvalue weighted by atomic mass is 16.5. The highest BCUT2D eigenvalue weighted by molar-refractivity contribution is 5.96. The minimum atomic E-state index is -0.449. The fraction of sp³-hybridized carbons (Fsp3) is 0.360. The van der Waals surface area contributed by atoms with Gasteiger partial charge in [-0.2, -0.15) is 5.26 Å². The molecule has 6 nitrogen and oxygen atoms in total. The number of fused-ring (bicyclic) bond motifs is 1. The minimum absolute atomic E-state index is 0.373. The summed E-state index contributed by atoms with van der Waals surface area (Å²) in [5.74, 6) is 0.780. The molecule has 4 rings (SSSR count). The number of nitriles is 1. The summed E-state index contributed by atoms with van der Waals surface area (Å²) in [5, 5.41) is 13.7. The van der Waals surface area contributed by atoms with Crippen LogP contribution in [0.25, 0.3) is 22.2 Å². The van der Waals surface area contributed by atoms with Crippen LogP contribution in [0.3, 0.4) is 0 Å². The van der Waals surface area contributed by atoms with Crippen LogP contribution < -0.4 is 10.1 Å². The molecule has 0 unspecified atom stereocenters. The van der Waals surface area contributed by atoms with Gasteiger partial charge in [0.05, 0.1) is 30.5 Å². The first-order valence-electron chi connectivity index (χ1n) is 10.8. The van der Waals surface area contributed by atoms with Crippen LogP contribution in [0.1, 0.15) is 50.6 Å². The number of methoxy groups -OCH3 is 1. The first-order chi connectivity index (χ1) is 15.2. The van der Waals surface area contributed by atoms with Crippen LogP contribution in [0.5, 0.6) is 5.75 Å². The van der Waals surface area contributed by atoms with Gasteiger partial charge in [0.25, 0.3) is 0 Å². The zero-order chi connectivity index (χ0) is 21.8. The van der Waals surface area contributed by atoms with Crippen LogP contribution >= 0.6 is 0 Å². The smallest absolute Gasteiger partial charge is 0.411 e. The number of carbonyl (C=O) groups is 1. The first-order valence-corrected chi connectivity index (χ1v) is 10.8. The monoisotopic (exact) mass is 417 g/mol. The molecule has 0 aliphatic heterocycles. The quantitative estimate of drug-likeness (QED) is 0.460. The summed E-state index contributed by atoms with van der Waals surface area (Å²) in [4.78, 5) is 11.9. The Balaban J connectivity index is 1.70. The van der Waals surface area contributed by atoms with Crippen molar-refractivity contribution in [3.8, 4) is 23.1 Å². The van der Waals surface area contributed by atoms with Gasteiger partial charge in [-0.05, 0) is 55.5 Å². The highest BCUT2D eigenvalue weighted by Crippen LogP contribution is 2.43. The summed E-state index contributed by atoms with van der Waals surface area (Å²) in [6.07, 6.45) is 4.77. The van der Waals surface area contributed by atoms with Crippen molar-refractivity contribution >= 4 is 22.7 Å². The summed E-state index contributed by atoms with van der Waals surface area (Å²) in [6, 6.07) is 16.3. The zero-order valence-electron chi connectivity index (χ0n) is 18.0. The van der Waals surface area contributed by atoms with Crippen molar-refractivity contribution in [2.45, 2.75) is 45.1 Å². The fourth-order valence-electron chi connectivity index (χ4n) is 4.01. The molecule has 6 heteroatoms. The van der Waals surface area contributed by atoms with E-state index >= 15 is 0 Å². The Morgan fingerprint density at radius 2 is 2.00 bits per heavy atom. The summed E-state index contributed by atoms with van der Waals surface area (Å²) < 4.78 is 12.9. The number of hydrogen-bond donors (Lipinski definition) is 1. The van der Waals surface area contributed by atoms with E-state index in [4.69, 9.17) is 9.47 Å². The van der Waals surface area contributed by atoms with Crippen LogP contribution in [0.15, 0.2) is 42.5 Å². The number of anilines is 1. The van der Waals surface area contributed by atoms with Gasteiger partial charge in [0.1, 0.15) is 11.8 Å². The zero-order valence-corrected chi connectivity index (χ0v) is 18.0. The number of rotatable bonds is 7. The molecule has 31 heavy (non-hydrogen) atoms. The van der Waals surface area contributed by atoms with Gasteiger partial charge in [-0.3, -0.25) is 5.32 Å². The molecule has 1 fully saturated rings. The Kier molecular flexibility index (Phi) is 6.13. The summed E-state index contributed by atoms with van der Waals surface area (Å²) >= 11 is 0. The van der Waals surface area contributed by atoms with Crippen molar-refractivity contribution in [1.29, 1.82) is 5.26 Å². The van der Waals surface area contributed by atoms with E-state index in [1.54, 1.807) is 7.11 Å². The average Bonchev–Trinajstić information content (AvgIpc) is 3.06. The van der Waals surface area contributed by atoms with E-state index in [1.807, 2.05) is 42.5 Å². The number of benzene rings is 2. The van der Waals surface area contributed by atoms with Gasteiger partial charge in [0.2, 0.25) is 0 Å². The Hall–Kier alpha value is -3.46. The van der Waals surface area contributed by atoms with Crippen molar-refractivity contribution in [3.63, 3.8) is 0 Å². The Labute approximate surface area is 182 Å². The van der Waals surface area contributed by atoms with Gasteiger partial charge in [0.15, 0.2) is 0 Å². The second-order valence-electron chi connectivity index (χ2n) is 7.87. The van der Waals surface area contributed by atoms with E-state index in [9.17, 15) is 10.1 Å². The molecular formula is C25H27N3O3. The van der Waals surface area contributed by atoms with Gasteiger partial charge in [-0.1, -0.05) is 25.5 Å². The third kappa shape index (κ3) is 4.09. The molecule has 0 bridgehead atoms. The highest BCUT2D eigenvalue weighted by Gasteiger charge is 2.28. The predicted molar refractivity (Wildman–Crippen MR) is 121 cm³/mol. The summed E-state index contributed by atoms with van der Waals surface area (Å²) in [7, 11) is 1.66. The molecule has 1 heterocycles. The summed E-state index contributed by atoms with van der Waals surface area (Å²) in [5.41, 5.74) is 4.23. The number of amides is 1. The molecule has 0 radical (unpaired) electrons. The van der Waals surface area contributed by atoms with Crippen molar-refractivity contribution < 1.29 is 14.3 Å². The van der Waals surface area contributed by atoms with Crippen LogP contribution in [0, 0.1) is 11.3 Å². The van der Waals surface area contributed by atoms with Crippen molar-refractivity contribution in [2.75, 3.05) is 19.0 Å². The number of carbonyl (C=O) groups excluding carboxylic acids is 1. The molecule has 2 aromatic carbocycles. The van der Waals surface area contributed by atoms with Crippen LogP contribution in [-0.2, 0) is 4.74 Å². The van der Waals surface area contributed by atoms with Crippen LogP contribution in [0.4, 0.5) is 10.5 Å². The fourth-order valence-corrected chi connectivity index (χ4v) is 4.01. The van der Waals surface area contributed by atoms with Crippen LogP contribution in [-0.4, -0.2) is 24.4 Å². The van der Waals surface area contributed by atoms with Gasteiger partial charge < -0.3 is 14.0 Å². The van der Waals surface area contributed by atoms with E-state index in [1.165, 1.54) is 6.42 Å². The van der Waals surface area contributed by atoms with E-state index in [2.05, 4.69) is 22.9 Å². The van der Waals surface area contributed by atoms with Gasteiger partial charge in [-0.15, -0.1) is 0 Å². The molecule has 1 amide bonds. The lowest BCUT2D eigenvalue weighted by Crippen LogP contribution is -2.18. The molecule has 1 aromatic heterocycles. The molecule has 1 aliphatic rings. The second-order valence-corrected chi connectivity index (χ2v) is 7.87. The topological polar surface area (TPSA) is 76.3 Å². The molecule has 160 valence electrons. The molecular weight excluding hydrogens is 390 g/mol. The predicted octanol–water partition coefficient (Wildman–Crippen LogP) is 6.26. The standard InChI is InChI=1S/C25H27N3O3/c1-3-4-14-31-25(29)27-18-10-8-17(9-11-18)24-22(16-26)21-13-12-20(30-2)15-23(21)28(24)19-6-5-7-19/h8-13,15,19H,3-7,14H2,1-2H3,(H,27,29). The molecule has 3 aromatic rings. The van der Waals surface area contributed by atoms with E-state index < -0.39 is 6.09 Å². The molecule has 0 spiro atoms. The molecule has 0 saturated heterocycles. The maximum absolute atomic E-state index is 11.9. The lowest BCUT2D eigenvalue weighted by Gasteiger charge is -2.30. The van der Waals surface area contributed by atoms with E-state index in [0.717, 1.165) is 53.6 Å². The Bertz CT molecular complexity index is 1120. The number of nitrogens with one attached hydrogen (secondary N) is 1. The second kappa shape index (κ2) is 9.13. The number of nitrogens with zero attached hydrogens (tertiary/aromatic N) is 2. The number of ether oxygens (including phenoxy) is 2. The van der Waals surface area contributed by atoms with Gasteiger partial charge in [-0.25, -0.2) is 4.79 Å². The van der Waals surface area contributed by atoms with Crippen molar-refractivity contribution in [2.24, 2.45) is 0 Å². The van der Waals surface area contributed by atoms with Crippen molar-refractivity contribution in [3.05, 3.63) is 48.0 Å². The number of hydrogen-bond acceptors (Lipinski definition) is 4. The third-order valence-electron chi connectivity index (χ3n) is 5.90. The number of unbranched alkanes of at least 4 members (excludes halogenated alkanes) is 1. The summed E-state index contributed by atoms with van der Waals surface area (Å²) in [6.45, 7) is 2.46. The number of aromatic nitrogens is 1. The Morgan fingerprint density at radius 3 is 2.61 bits per heavy atom. The van der Waals surface area contributed by atoms with Gasteiger partial charge in [0, 0.05) is 23.2 Å². The van der Waals surface area contributed by atoms with Crippen LogP contribution in [0.2, 0.25) is 0 Å². The van der Waals surface area contributed by atoms with E-state index in [-0.39, 0.29) is 0 Å². The first kappa shape index (κ1) is 20.8. The average molecular weight is 418 g/mol. The maximum Gasteiger partial charge on any atom is 0.411 e. The van der Waals surface area contributed by atoms with E-state index in [0.29, 0.717) is 23.9 Å². The minimum Gasteiger partial charge on any atom is -0.497 e.